The first-order chi connectivity index (χ1) is 11.6. The van der Waals surface area contributed by atoms with E-state index in [0.29, 0.717) is 12.1 Å². The maximum atomic E-state index is 5.55. The van der Waals surface area contributed by atoms with Crippen LogP contribution in [0.25, 0.3) is 11.0 Å². The number of fused-ring (bicyclic) bond motifs is 1. The van der Waals surface area contributed by atoms with Crippen molar-refractivity contribution in [2.75, 3.05) is 26.3 Å². The lowest BCUT2D eigenvalue weighted by Crippen LogP contribution is -2.51. The molecule has 5 heteroatoms. The molecule has 1 aliphatic heterocycles. The number of hydrogen-bond acceptors (Lipinski definition) is 4. The van der Waals surface area contributed by atoms with Crippen molar-refractivity contribution in [2.45, 2.75) is 52.4 Å². The number of nitrogens with zero attached hydrogens (tertiary/aromatic N) is 3. The fourth-order valence-electron chi connectivity index (χ4n) is 3.71. The Morgan fingerprint density at radius 3 is 2.88 bits per heavy atom. The SMILES string of the molecule is CCn1c(C(C)NCC(C)N2CCOCC2C)nc2ccccc21. The summed E-state index contributed by atoms with van der Waals surface area (Å²) in [4.78, 5) is 7.39. The molecule has 0 bridgehead atoms. The fraction of sp³-hybridized carbons (Fsp3) is 0.632. The molecule has 0 radical (unpaired) electrons. The van der Waals surface area contributed by atoms with Crippen LogP contribution >= 0.6 is 0 Å². The molecule has 1 fully saturated rings. The molecule has 0 amide bonds. The molecule has 24 heavy (non-hydrogen) atoms. The first-order valence-electron chi connectivity index (χ1n) is 9.13. The van der Waals surface area contributed by atoms with Crippen LogP contribution in [-0.4, -0.2) is 52.8 Å². The van der Waals surface area contributed by atoms with Crippen LogP contribution in [-0.2, 0) is 11.3 Å². The zero-order valence-corrected chi connectivity index (χ0v) is 15.3. The molecule has 1 aliphatic rings. The van der Waals surface area contributed by atoms with E-state index in [1.165, 1.54) is 5.52 Å². The van der Waals surface area contributed by atoms with Gasteiger partial charge in [-0.15, -0.1) is 0 Å². The number of nitrogens with one attached hydrogen (secondary N) is 1. The van der Waals surface area contributed by atoms with Crippen LogP contribution in [0.15, 0.2) is 24.3 Å². The van der Waals surface area contributed by atoms with Gasteiger partial charge in [-0.25, -0.2) is 4.98 Å². The second kappa shape index (κ2) is 7.64. The van der Waals surface area contributed by atoms with Crippen molar-refractivity contribution in [2.24, 2.45) is 0 Å². The number of aryl methyl sites for hydroxylation is 1. The molecule has 5 nitrogen and oxygen atoms in total. The van der Waals surface area contributed by atoms with Crippen molar-refractivity contribution >= 4 is 11.0 Å². The normalized spacial score (nSPS) is 21.9. The predicted octanol–water partition coefficient (Wildman–Crippen LogP) is 2.82. The molecule has 2 heterocycles. The average molecular weight is 330 g/mol. The summed E-state index contributed by atoms with van der Waals surface area (Å²) in [6, 6.07) is 9.60. The highest BCUT2D eigenvalue weighted by atomic mass is 16.5. The van der Waals surface area contributed by atoms with E-state index in [1.807, 2.05) is 0 Å². The van der Waals surface area contributed by atoms with Gasteiger partial charge in [0.15, 0.2) is 0 Å². The van der Waals surface area contributed by atoms with E-state index in [-0.39, 0.29) is 6.04 Å². The summed E-state index contributed by atoms with van der Waals surface area (Å²) >= 11 is 0. The van der Waals surface area contributed by atoms with Gasteiger partial charge in [-0.2, -0.15) is 0 Å². The third kappa shape index (κ3) is 3.48. The van der Waals surface area contributed by atoms with Crippen molar-refractivity contribution in [3.05, 3.63) is 30.1 Å². The molecule has 0 spiro atoms. The highest BCUT2D eigenvalue weighted by Gasteiger charge is 2.24. The first kappa shape index (κ1) is 17.4. The summed E-state index contributed by atoms with van der Waals surface area (Å²) < 4.78 is 7.86. The van der Waals surface area contributed by atoms with Crippen molar-refractivity contribution < 1.29 is 4.74 Å². The van der Waals surface area contributed by atoms with Crippen LogP contribution in [0.5, 0.6) is 0 Å². The summed E-state index contributed by atoms with van der Waals surface area (Å²) in [5.41, 5.74) is 2.30. The minimum absolute atomic E-state index is 0.233. The average Bonchev–Trinajstić information content (AvgIpc) is 2.98. The Morgan fingerprint density at radius 1 is 1.33 bits per heavy atom. The summed E-state index contributed by atoms with van der Waals surface area (Å²) in [6.07, 6.45) is 0. The van der Waals surface area contributed by atoms with Gasteiger partial charge < -0.3 is 14.6 Å². The smallest absolute Gasteiger partial charge is 0.126 e. The first-order valence-corrected chi connectivity index (χ1v) is 9.13. The van der Waals surface area contributed by atoms with E-state index in [1.54, 1.807) is 0 Å². The Bertz CT molecular complexity index is 668. The lowest BCUT2D eigenvalue weighted by molar-refractivity contribution is -0.0185. The number of imidazole rings is 1. The Kier molecular flexibility index (Phi) is 5.54. The second-order valence-electron chi connectivity index (χ2n) is 6.84. The summed E-state index contributed by atoms with van der Waals surface area (Å²) in [5.74, 6) is 1.13. The van der Waals surface area contributed by atoms with Crippen molar-refractivity contribution in [1.29, 1.82) is 0 Å². The molecular weight excluding hydrogens is 300 g/mol. The van der Waals surface area contributed by atoms with Crippen molar-refractivity contribution in [1.82, 2.24) is 19.8 Å². The number of ether oxygens (including phenoxy) is 1. The Labute approximate surface area is 145 Å². The lowest BCUT2D eigenvalue weighted by Gasteiger charge is -2.38. The van der Waals surface area contributed by atoms with Gasteiger partial charge in [-0.05, 0) is 39.8 Å². The molecule has 1 aromatic carbocycles. The molecule has 3 atom stereocenters. The number of rotatable bonds is 6. The van der Waals surface area contributed by atoms with E-state index in [4.69, 9.17) is 9.72 Å². The Morgan fingerprint density at radius 2 is 2.12 bits per heavy atom. The van der Waals surface area contributed by atoms with Crippen molar-refractivity contribution in [3.63, 3.8) is 0 Å². The van der Waals surface area contributed by atoms with Gasteiger partial charge in [0.05, 0.1) is 30.3 Å². The third-order valence-corrected chi connectivity index (χ3v) is 5.09. The lowest BCUT2D eigenvalue weighted by atomic mass is 10.1. The second-order valence-corrected chi connectivity index (χ2v) is 6.84. The van der Waals surface area contributed by atoms with Crippen LogP contribution in [0.3, 0.4) is 0 Å². The van der Waals surface area contributed by atoms with E-state index in [2.05, 4.69) is 66.7 Å². The molecule has 1 saturated heterocycles. The van der Waals surface area contributed by atoms with Crippen LogP contribution in [0.4, 0.5) is 0 Å². The monoisotopic (exact) mass is 330 g/mol. The number of morpholine rings is 1. The van der Waals surface area contributed by atoms with Gasteiger partial charge in [-0.3, -0.25) is 4.90 Å². The number of benzene rings is 1. The highest BCUT2D eigenvalue weighted by Crippen LogP contribution is 2.21. The molecule has 132 valence electrons. The van der Waals surface area contributed by atoms with Gasteiger partial charge in [0.1, 0.15) is 5.82 Å². The van der Waals surface area contributed by atoms with Crippen LogP contribution in [0.1, 0.15) is 39.6 Å². The Hall–Kier alpha value is -1.43. The molecule has 3 unspecified atom stereocenters. The molecule has 1 N–H and O–H groups in total. The number of para-hydroxylation sites is 2. The van der Waals surface area contributed by atoms with Gasteiger partial charge in [0.2, 0.25) is 0 Å². The standard InChI is InChI=1S/C19H30N4O/c1-5-22-18-9-7-6-8-17(18)21-19(22)16(4)20-12-14(2)23-10-11-24-13-15(23)3/h6-9,14-16,20H,5,10-13H2,1-4H3. The fourth-order valence-corrected chi connectivity index (χ4v) is 3.71. The summed E-state index contributed by atoms with van der Waals surface area (Å²) in [5, 5.41) is 3.69. The van der Waals surface area contributed by atoms with Gasteiger partial charge in [-0.1, -0.05) is 12.1 Å². The highest BCUT2D eigenvalue weighted by molar-refractivity contribution is 5.76. The van der Waals surface area contributed by atoms with Gasteiger partial charge >= 0.3 is 0 Å². The van der Waals surface area contributed by atoms with Crippen LogP contribution in [0, 0.1) is 0 Å². The molecule has 1 aromatic heterocycles. The topological polar surface area (TPSA) is 42.3 Å². The number of hydrogen-bond donors (Lipinski definition) is 1. The zero-order chi connectivity index (χ0) is 17.1. The van der Waals surface area contributed by atoms with Crippen LogP contribution < -0.4 is 5.32 Å². The number of aromatic nitrogens is 2. The minimum atomic E-state index is 0.233. The van der Waals surface area contributed by atoms with Gasteiger partial charge in [0.25, 0.3) is 0 Å². The molecule has 0 saturated carbocycles. The van der Waals surface area contributed by atoms with E-state index in [9.17, 15) is 0 Å². The minimum Gasteiger partial charge on any atom is -0.379 e. The quantitative estimate of drug-likeness (QED) is 0.884. The summed E-state index contributed by atoms with van der Waals surface area (Å²) in [6.45, 7) is 13.5. The van der Waals surface area contributed by atoms with E-state index < -0.39 is 0 Å². The van der Waals surface area contributed by atoms with Gasteiger partial charge in [0, 0.05) is 31.7 Å². The Balaban J connectivity index is 1.67. The maximum Gasteiger partial charge on any atom is 0.126 e. The summed E-state index contributed by atoms with van der Waals surface area (Å²) in [7, 11) is 0. The van der Waals surface area contributed by atoms with E-state index in [0.717, 1.165) is 44.2 Å². The molecule has 3 rings (SSSR count). The molecule has 2 aromatic rings. The maximum absolute atomic E-state index is 5.55. The largest absolute Gasteiger partial charge is 0.379 e. The van der Waals surface area contributed by atoms with E-state index >= 15 is 0 Å². The molecule has 0 aliphatic carbocycles. The predicted molar refractivity (Wildman–Crippen MR) is 98.3 cm³/mol. The zero-order valence-electron chi connectivity index (χ0n) is 15.3. The third-order valence-electron chi connectivity index (χ3n) is 5.09. The van der Waals surface area contributed by atoms with Crippen molar-refractivity contribution in [3.8, 4) is 0 Å². The molecular formula is C19H30N4O. The van der Waals surface area contributed by atoms with Crippen LogP contribution in [0.2, 0.25) is 0 Å².